The van der Waals surface area contributed by atoms with Crippen LogP contribution in [-0.4, -0.2) is 18.4 Å². The van der Waals surface area contributed by atoms with Crippen LogP contribution in [0.25, 0.3) is 6.08 Å². The van der Waals surface area contributed by atoms with Gasteiger partial charge in [0.25, 0.3) is 11.8 Å². The summed E-state index contributed by atoms with van der Waals surface area (Å²) in [5.41, 5.74) is 5.97. The zero-order chi connectivity index (χ0) is 26.3. The minimum Gasteiger partial charge on any atom is -0.352 e. The van der Waals surface area contributed by atoms with Gasteiger partial charge in [-0.3, -0.25) is 9.59 Å². The van der Waals surface area contributed by atoms with Crippen molar-refractivity contribution in [3.63, 3.8) is 0 Å². The molecule has 2 amide bonds. The molecule has 0 unspecified atom stereocenters. The van der Waals surface area contributed by atoms with E-state index in [-0.39, 0.29) is 11.8 Å². The van der Waals surface area contributed by atoms with Crippen LogP contribution in [0.3, 0.4) is 0 Å². The van der Waals surface area contributed by atoms with Crippen LogP contribution >= 0.6 is 11.8 Å². The topological polar surface area (TPSA) is 49.4 Å². The van der Waals surface area contributed by atoms with E-state index in [2.05, 4.69) is 48.6 Å². The standard InChI is InChI=1S/C33H30N2O2S/c1-24-9-7-12-27(21-24)23-35-29-14-5-6-15-30(29)38-31(33(35)37)22-26-16-18-28(19-17-26)32(36)34-20-8-13-25-10-3-2-4-11-25/h2-7,9-12,14-19,21-22H,8,13,20,23H2,1H3,(H,34,36). The summed E-state index contributed by atoms with van der Waals surface area (Å²) in [6.45, 7) is 3.20. The van der Waals surface area contributed by atoms with Crippen molar-refractivity contribution in [3.05, 3.63) is 136 Å². The number of benzene rings is 4. The average molecular weight is 519 g/mol. The summed E-state index contributed by atoms with van der Waals surface area (Å²) in [7, 11) is 0. The van der Waals surface area contributed by atoms with Gasteiger partial charge in [0, 0.05) is 17.0 Å². The maximum atomic E-state index is 13.6. The number of fused-ring (bicyclic) bond motifs is 1. The number of anilines is 1. The second-order valence-electron chi connectivity index (χ2n) is 9.43. The molecule has 4 nitrogen and oxygen atoms in total. The number of hydrogen-bond donors (Lipinski definition) is 1. The first-order valence-electron chi connectivity index (χ1n) is 12.8. The largest absolute Gasteiger partial charge is 0.352 e. The van der Waals surface area contributed by atoms with Gasteiger partial charge in [-0.2, -0.15) is 0 Å². The van der Waals surface area contributed by atoms with E-state index in [1.54, 1.807) is 0 Å². The molecule has 0 radical (unpaired) electrons. The second-order valence-corrected chi connectivity index (χ2v) is 10.5. The SMILES string of the molecule is Cc1cccc(CN2C(=O)C(=Cc3ccc(C(=O)NCCCc4ccccc4)cc3)Sc3ccccc32)c1. The minimum absolute atomic E-state index is 0.0181. The molecular weight excluding hydrogens is 488 g/mol. The zero-order valence-electron chi connectivity index (χ0n) is 21.4. The lowest BCUT2D eigenvalue weighted by Crippen LogP contribution is -2.33. The van der Waals surface area contributed by atoms with Crippen LogP contribution < -0.4 is 10.2 Å². The Balaban J connectivity index is 1.26. The van der Waals surface area contributed by atoms with Crippen molar-refractivity contribution < 1.29 is 9.59 Å². The lowest BCUT2D eigenvalue weighted by molar-refractivity contribution is -0.114. The summed E-state index contributed by atoms with van der Waals surface area (Å²) in [5, 5.41) is 3.00. The van der Waals surface area contributed by atoms with E-state index in [1.807, 2.05) is 77.7 Å². The van der Waals surface area contributed by atoms with Crippen LogP contribution in [0.1, 0.15) is 39.0 Å². The van der Waals surface area contributed by atoms with Crippen LogP contribution in [0, 0.1) is 6.92 Å². The summed E-state index contributed by atoms with van der Waals surface area (Å²) < 4.78 is 0. The highest BCUT2D eigenvalue weighted by Crippen LogP contribution is 2.42. The molecule has 1 heterocycles. The van der Waals surface area contributed by atoms with Gasteiger partial charge >= 0.3 is 0 Å². The predicted octanol–water partition coefficient (Wildman–Crippen LogP) is 7.04. The number of thioether (sulfide) groups is 1. The Morgan fingerprint density at radius 1 is 0.868 bits per heavy atom. The fourth-order valence-electron chi connectivity index (χ4n) is 4.54. The van der Waals surface area contributed by atoms with Gasteiger partial charge in [0.05, 0.1) is 17.1 Å². The van der Waals surface area contributed by atoms with E-state index < -0.39 is 0 Å². The van der Waals surface area contributed by atoms with Gasteiger partial charge in [0.15, 0.2) is 0 Å². The summed E-state index contributed by atoms with van der Waals surface area (Å²) in [5.74, 6) is -0.103. The van der Waals surface area contributed by atoms with E-state index in [0.29, 0.717) is 23.6 Å². The number of carbonyl (C=O) groups is 2. The van der Waals surface area contributed by atoms with E-state index in [4.69, 9.17) is 0 Å². The molecular formula is C33H30N2O2S. The molecule has 1 aliphatic heterocycles. The minimum atomic E-state index is -0.0846. The Kier molecular flexibility index (Phi) is 8.05. The van der Waals surface area contributed by atoms with Crippen molar-refractivity contribution in [2.75, 3.05) is 11.4 Å². The lowest BCUT2D eigenvalue weighted by Gasteiger charge is -2.30. The fraction of sp³-hybridized carbons (Fsp3) is 0.152. The van der Waals surface area contributed by atoms with Crippen LogP contribution in [0.2, 0.25) is 0 Å². The predicted molar refractivity (Wildman–Crippen MR) is 156 cm³/mol. The van der Waals surface area contributed by atoms with Gasteiger partial charge < -0.3 is 10.2 Å². The average Bonchev–Trinajstić information content (AvgIpc) is 2.94. The molecule has 4 aromatic carbocycles. The van der Waals surface area contributed by atoms with Crippen LogP contribution in [-0.2, 0) is 17.8 Å². The Labute approximate surface area is 228 Å². The van der Waals surface area contributed by atoms with E-state index >= 15 is 0 Å². The molecule has 0 atom stereocenters. The van der Waals surface area contributed by atoms with Gasteiger partial charge in [-0.1, -0.05) is 96.2 Å². The molecule has 1 aliphatic rings. The summed E-state index contributed by atoms with van der Waals surface area (Å²) in [4.78, 5) is 29.7. The first kappa shape index (κ1) is 25.6. The van der Waals surface area contributed by atoms with Crippen molar-refractivity contribution >= 4 is 35.3 Å². The van der Waals surface area contributed by atoms with Gasteiger partial charge in [-0.05, 0) is 66.8 Å². The third-order valence-corrected chi connectivity index (χ3v) is 7.57. The number of nitrogens with zero attached hydrogens (tertiary/aromatic N) is 1. The molecule has 1 N–H and O–H groups in total. The summed E-state index contributed by atoms with van der Waals surface area (Å²) in [6, 6.07) is 34.0. The van der Waals surface area contributed by atoms with Gasteiger partial charge in [-0.15, -0.1) is 0 Å². The molecule has 190 valence electrons. The molecule has 0 bridgehead atoms. The Bertz CT molecular complexity index is 1460. The number of nitrogens with one attached hydrogen (secondary N) is 1. The first-order valence-corrected chi connectivity index (χ1v) is 13.7. The molecule has 0 fully saturated rings. The van der Waals surface area contributed by atoms with Crippen molar-refractivity contribution in [3.8, 4) is 0 Å². The number of para-hydroxylation sites is 1. The van der Waals surface area contributed by atoms with Gasteiger partial charge in [0.1, 0.15) is 0 Å². The lowest BCUT2D eigenvalue weighted by atomic mass is 10.1. The van der Waals surface area contributed by atoms with E-state index in [1.165, 1.54) is 22.9 Å². The second kappa shape index (κ2) is 12.0. The molecule has 5 rings (SSSR count). The van der Waals surface area contributed by atoms with E-state index in [0.717, 1.165) is 34.6 Å². The van der Waals surface area contributed by atoms with Crippen molar-refractivity contribution in [1.82, 2.24) is 5.32 Å². The highest BCUT2D eigenvalue weighted by atomic mass is 32.2. The number of hydrogen-bond acceptors (Lipinski definition) is 3. The highest BCUT2D eigenvalue weighted by molar-refractivity contribution is 8.04. The Hall–Kier alpha value is -4.09. The number of amides is 2. The Morgan fingerprint density at radius 2 is 1.61 bits per heavy atom. The van der Waals surface area contributed by atoms with Crippen molar-refractivity contribution in [1.29, 1.82) is 0 Å². The summed E-state index contributed by atoms with van der Waals surface area (Å²) in [6.07, 6.45) is 3.73. The number of aryl methyl sites for hydroxylation is 2. The molecule has 0 aliphatic carbocycles. The smallest absolute Gasteiger partial charge is 0.265 e. The van der Waals surface area contributed by atoms with E-state index in [9.17, 15) is 9.59 Å². The fourth-order valence-corrected chi connectivity index (χ4v) is 5.59. The third kappa shape index (κ3) is 6.24. The third-order valence-electron chi connectivity index (χ3n) is 6.50. The molecule has 0 spiro atoms. The van der Waals surface area contributed by atoms with Crippen LogP contribution in [0.5, 0.6) is 0 Å². The zero-order valence-corrected chi connectivity index (χ0v) is 22.2. The van der Waals surface area contributed by atoms with Crippen LogP contribution in [0.4, 0.5) is 5.69 Å². The normalized spacial score (nSPS) is 13.9. The van der Waals surface area contributed by atoms with Gasteiger partial charge in [-0.25, -0.2) is 0 Å². The number of rotatable bonds is 8. The van der Waals surface area contributed by atoms with Crippen LogP contribution in [0.15, 0.2) is 113 Å². The Morgan fingerprint density at radius 3 is 2.39 bits per heavy atom. The molecule has 0 saturated carbocycles. The van der Waals surface area contributed by atoms with Gasteiger partial charge in [0.2, 0.25) is 0 Å². The molecule has 5 heteroatoms. The first-order chi connectivity index (χ1) is 18.6. The maximum Gasteiger partial charge on any atom is 0.265 e. The molecule has 0 aromatic heterocycles. The highest BCUT2D eigenvalue weighted by Gasteiger charge is 2.29. The van der Waals surface area contributed by atoms with Crippen molar-refractivity contribution in [2.24, 2.45) is 0 Å². The molecule has 0 saturated heterocycles. The molecule has 4 aromatic rings. The monoisotopic (exact) mass is 518 g/mol. The number of carbonyl (C=O) groups excluding carboxylic acids is 2. The maximum absolute atomic E-state index is 13.6. The van der Waals surface area contributed by atoms with Crippen molar-refractivity contribution in [2.45, 2.75) is 31.2 Å². The molecule has 38 heavy (non-hydrogen) atoms. The summed E-state index contributed by atoms with van der Waals surface area (Å²) >= 11 is 1.49. The quantitative estimate of drug-likeness (QED) is 0.201.